The number of hydrogen-bond acceptors (Lipinski definition) is 3. The van der Waals surface area contributed by atoms with Crippen LogP contribution in [0, 0.1) is 5.82 Å². The third-order valence-corrected chi connectivity index (χ3v) is 4.92. The van der Waals surface area contributed by atoms with Crippen molar-refractivity contribution in [2.24, 2.45) is 0 Å². The van der Waals surface area contributed by atoms with Crippen molar-refractivity contribution in [3.8, 4) is 0 Å². The monoisotopic (exact) mass is 268 g/mol. The number of hydrogen-bond donors (Lipinski definition) is 0. The average molecular weight is 268 g/mol. The first-order valence-electron chi connectivity index (χ1n) is 4.80. The summed E-state index contributed by atoms with van der Waals surface area (Å²) in [6, 6.07) is 8.86. The SMILES string of the molecule is O=S(=O)(/C=C/c1ccc(F)cc1)c1cccs1. The maximum absolute atomic E-state index is 12.6. The molecular formula is C12H9FO2S2. The van der Waals surface area contributed by atoms with Gasteiger partial charge in [0.15, 0.2) is 0 Å². The molecule has 0 aliphatic rings. The molecule has 5 heteroatoms. The summed E-state index contributed by atoms with van der Waals surface area (Å²) in [5.41, 5.74) is 0.645. The quantitative estimate of drug-likeness (QED) is 0.855. The molecule has 1 aromatic heterocycles. The fourth-order valence-corrected chi connectivity index (χ4v) is 3.29. The molecule has 0 aliphatic heterocycles. The third kappa shape index (κ3) is 3.01. The fraction of sp³-hybridized carbons (Fsp3) is 0. The van der Waals surface area contributed by atoms with E-state index in [0.29, 0.717) is 9.77 Å². The molecule has 2 aromatic rings. The first kappa shape index (κ1) is 12.0. The third-order valence-electron chi connectivity index (χ3n) is 2.09. The first-order valence-corrected chi connectivity index (χ1v) is 7.23. The van der Waals surface area contributed by atoms with Crippen molar-refractivity contribution in [3.63, 3.8) is 0 Å². The van der Waals surface area contributed by atoms with E-state index in [4.69, 9.17) is 0 Å². The van der Waals surface area contributed by atoms with Gasteiger partial charge in [-0.1, -0.05) is 18.2 Å². The highest BCUT2D eigenvalue weighted by Crippen LogP contribution is 2.19. The number of halogens is 1. The Balaban J connectivity index is 2.24. The molecule has 0 saturated heterocycles. The first-order chi connectivity index (χ1) is 8.08. The molecule has 0 fully saturated rings. The van der Waals surface area contributed by atoms with Gasteiger partial charge in [0, 0.05) is 5.41 Å². The van der Waals surface area contributed by atoms with Gasteiger partial charge in [-0.05, 0) is 35.2 Å². The summed E-state index contributed by atoms with van der Waals surface area (Å²) in [5.74, 6) is -0.344. The number of thiophene rings is 1. The molecule has 0 N–H and O–H groups in total. The minimum Gasteiger partial charge on any atom is -0.218 e. The van der Waals surface area contributed by atoms with Crippen molar-refractivity contribution in [2.75, 3.05) is 0 Å². The van der Waals surface area contributed by atoms with Crippen LogP contribution in [0.1, 0.15) is 5.56 Å². The van der Waals surface area contributed by atoms with Crippen molar-refractivity contribution in [2.45, 2.75) is 4.21 Å². The lowest BCUT2D eigenvalue weighted by Crippen LogP contribution is -1.91. The minimum atomic E-state index is -3.38. The molecule has 0 unspecified atom stereocenters. The highest BCUT2D eigenvalue weighted by Gasteiger charge is 2.10. The second-order valence-corrected chi connectivity index (χ2v) is 6.34. The molecule has 0 amide bonds. The summed E-state index contributed by atoms with van der Waals surface area (Å²) >= 11 is 1.17. The normalized spacial score (nSPS) is 12.1. The van der Waals surface area contributed by atoms with E-state index in [1.165, 1.54) is 41.7 Å². The lowest BCUT2D eigenvalue weighted by molar-refractivity contribution is 0.606. The van der Waals surface area contributed by atoms with Crippen LogP contribution >= 0.6 is 11.3 Å². The molecular weight excluding hydrogens is 259 g/mol. The molecule has 17 heavy (non-hydrogen) atoms. The Kier molecular flexibility index (Phi) is 3.40. The van der Waals surface area contributed by atoms with Gasteiger partial charge in [-0.2, -0.15) is 0 Å². The van der Waals surface area contributed by atoms with E-state index in [0.717, 1.165) is 5.41 Å². The van der Waals surface area contributed by atoms with E-state index in [1.54, 1.807) is 17.5 Å². The van der Waals surface area contributed by atoms with E-state index in [2.05, 4.69) is 0 Å². The zero-order valence-electron chi connectivity index (χ0n) is 8.71. The molecule has 0 spiro atoms. The van der Waals surface area contributed by atoms with Gasteiger partial charge in [0.25, 0.3) is 0 Å². The maximum atomic E-state index is 12.6. The molecule has 2 rings (SSSR count). The molecule has 1 aromatic carbocycles. The summed E-state index contributed by atoms with van der Waals surface area (Å²) in [4.78, 5) is 0. The van der Waals surface area contributed by atoms with Crippen LogP contribution in [0.15, 0.2) is 51.4 Å². The largest absolute Gasteiger partial charge is 0.218 e. The lowest BCUT2D eigenvalue weighted by Gasteiger charge is -1.94. The fourth-order valence-electron chi connectivity index (χ4n) is 1.23. The molecule has 0 aliphatic carbocycles. The van der Waals surface area contributed by atoms with Crippen molar-refractivity contribution >= 4 is 27.3 Å². The Morgan fingerprint density at radius 1 is 1.12 bits per heavy atom. The predicted molar refractivity (Wildman–Crippen MR) is 66.9 cm³/mol. The molecule has 0 atom stereocenters. The zero-order chi connectivity index (χ0) is 12.3. The molecule has 0 radical (unpaired) electrons. The van der Waals surface area contributed by atoms with Crippen molar-refractivity contribution < 1.29 is 12.8 Å². The average Bonchev–Trinajstić information content (AvgIpc) is 2.82. The standard InChI is InChI=1S/C12H9FO2S2/c13-11-5-3-10(4-6-11)7-9-17(14,15)12-2-1-8-16-12/h1-9H/b9-7+. The van der Waals surface area contributed by atoms with Crippen molar-refractivity contribution in [1.82, 2.24) is 0 Å². The zero-order valence-corrected chi connectivity index (χ0v) is 10.3. The van der Waals surface area contributed by atoms with Crippen LogP contribution < -0.4 is 0 Å². The van der Waals surface area contributed by atoms with Crippen LogP contribution in [0.25, 0.3) is 6.08 Å². The Hall–Kier alpha value is -1.46. The smallest absolute Gasteiger partial charge is 0.209 e. The Labute approximate surface area is 103 Å². The second-order valence-electron chi connectivity index (χ2n) is 3.33. The Morgan fingerprint density at radius 2 is 1.82 bits per heavy atom. The van der Waals surface area contributed by atoms with Gasteiger partial charge in [-0.3, -0.25) is 0 Å². The Morgan fingerprint density at radius 3 is 2.41 bits per heavy atom. The van der Waals surface area contributed by atoms with Gasteiger partial charge >= 0.3 is 0 Å². The van der Waals surface area contributed by atoms with E-state index in [-0.39, 0.29) is 5.82 Å². The van der Waals surface area contributed by atoms with E-state index in [1.807, 2.05) is 0 Å². The van der Waals surface area contributed by atoms with Crippen LogP contribution in [-0.4, -0.2) is 8.42 Å². The van der Waals surface area contributed by atoms with Crippen LogP contribution in [0.5, 0.6) is 0 Å². The predicted octanol–water partition coefficient (Wildman–Crippen LogP) is 3.33. The summed E-state index contributed by atoms with van der Waals surface area (Å²) in [6.07, 6.45) is 1.45. The molecule has 88 valence electrons. The van der Waals surface area contributed by atoms with Crippen molar-refractivity contribution in [3.05, 3.63) is 58.6 Å². The highest BCUT2D eigenvalue weighted by molar-refractivity contribution is 7.96. The van der Waals surface area contributed by atoms with Crippen LogP contribution in [0.4, 0.5) is 4.39 Å². The van der Waals surface area contributed by atoms with Gasteiger partial charge in [0.1, 0.15) is 10.0 Å². The number of sulfone groups is 1. The van der Waals surface area contributed by atoms with E-state index < -0.39 is 9.84 Å². The maximum Gasteiger partial charge on any atom is 0.209 e. The number of benzene rings is 1. The molecule has 0 bridgehead atoms. The van der Waals surface area contributed by atoms with Gasteiger partial charge < -0.3 is 0 Å². The van der Waals surface area contributed by atoms with Gasteiger partial charge in [-0.25, -0.2) is 12.8 Å². The van der Waals surface area contributed by atoms with Crippen molar-refractivity contribution in [1.29, 1.82) is 0 Å². The van der Waals surface area contributed by atoms with Crippen LogP contribution in [-0.2, 0) is 9.84 Å². The second kappa shape index (κ2) is 4.81. The molecule has 2 nitrogen and oxygen atoms in total. The number of rotatable bonds is 3. The lowest BCUT2D eigenvalue weighted by atomic mass is 10.2. The van der Waals surface area contributed by atoms with Crippen LogP contribution in [0.2, 0.25) is 0 Å². The van der Waals surface area contributed by atoms with Crippen LogP contribution in [0.3, 0.4) is 0 Å². The van der Waals surface area contributed by atoms with E-state index in [9.17, 15) is 12.8 Å². The summed E-state index contributed by atoms with van der Waals surface area (Å²) < 4.78 is 36.5. The van der Waals surface area contributed by atoms with Gasteiger partial charge in [0.05, 0.1) is 0 Å². The summed E-state index contributed by atoms with van der Waals surface area (Å²) in [6.45, 7) is 0. The topological polar surface area (TPSA) is 34.1 Å². The van der Waals surface area contributed by atoms with Gasteiger partial charge in [0.2, 0.25) is 9.84 Å². The minimum absolute atomic E-state index is 0.302. The van der Waals surface area contributed by atoms with Gasteiger partial charge in [-0.15, -0.1) is 11.3 Å². The molecule has 0 saturated carbocycles. The molecule has 1 heterocycles. The summed E-state index contributed by atoms with van der Waals surface area (Å²) in [5, 5.41) is 2.84. The highest BCUT2D eigenvalue weighted by atomic mass is 32.2. The van der Waals surface area contributed by atoms with E-state index >= 15 is 0 Å². The Bertz CT molecular complexity index is 611. The summed E-state index contributed by atoms with van der Waals surface area (Å²) in [7, 11) is -3.38.